The summed E-state index contributed by atoms with van der Waals surface area (Å²) in [6, 6.07) is 7.17. The van der Waals surface area contributed by atoms with Gasteiger partial charge in [-0.2, -0.15) is 0 Å². The van der Waals surface area contributed by atoms with Crippen LogP contribution in [0.5, 0.6) is 0 Å². The van der Waals surface area contributed by atoms with E-state index in [4.69, 9.17) is 11.6 Å². The number of halogens is 1. The van der Waals surface area contributed by atoms with Crippen molar-refractivity contribution in [3.63, 3.8) is 0 Å². The molecule has 2 rings (SSSR count). The summed E-state index contributed by atoms with van der Waals surface area (Å²) in [4.78, 5) is 24.9. The Kier molecular flexibility index (Phi) is 3.79. The number of anilines is 1. The number of hydrogen-bond donors (Lipinski definition) is 0. The molecule has 1 fully saturated rings. The van der Waals surface area contributed by atoms with Gasteiger partial charge in [0.2, 0.25) is 5.91 Å². The molecule has 0 aliphatic carbocycles. The molecule has 4 heteroatoms. The number of rotatable bonds is 4. The molecule has 0 saturated carbocycles. The zero-order valence-electron chi connectivity index (χ0n) is 9.49. The van der Waals surface area contributed by atoms with E-state index < -0.39 is 0 Å². The van der Waals surface area contributed by atoms with Crippen LogP contribution < -0.4 is 4.90 Å². The second-order valence-electron chi connectivity index (χ2n) is 4.06. The number of amides is 1. The minimum Gasteiger partial charge on any atom is -0.312 e. The minimum atomic E-state index is 0.0410. The highest BCUT2D eigenvalue weighted by molar-refractivity contribution is 6.19. The molecular weight excluding hydrogens is 238 g/mol. The molecule has 3 nitrogen and oxygen atoms in total. The fourth-order valence-corrected chi connectivity index (χ4v) is 2.15. The summed E-state index contributed by atoms with van der Waals surface area (Å²) in [5.74, 6) is 0.537. The Bertz CT molecular complexity index is 428. The summed E-state index contributed by atoms with van der Waals surface area (Å²) >= 11 is 5.53. The Morgan fingerprint density at radius 1 is 1.29 bits per heavy atom. The van der Waals surface area contributed by atoms with Crippen molar-refractivity contribution >= 4 is 29.0 Å². The maximum Gasteiger partial charge on any atom is 0.227 e. The average molecular weight is 252 g/mol. The van der Waals surface area contributed by atoms with Crippen molar-refractivity contribution in [3.8, 4) is 0 Å². The number of nitrogens with zero attached hydrogens (tertiary/aromatic N) is 1. The van der Waals surface area contributed by atoms with Gasteiger partial charge in [0.25, 0.3) is 0 Å². The fourth-order valence-electron chi connectivity index (χ4n) is 1.98. The molecule has 0 atom stereocenters. The van der Waals surface area contributed by atoms with Gasteiger partial charge in [-0.15, -0.1) is 11.6 Å². The molecule has 1 heterocycles. The SMILES string of the molecule is O=C(CCCl)c1ccc(N2CCCC2=O)cc1. The number of ketones is 1. The Labute approximate surface area is 105 Å². The average Bonchev–Trinajstić information content (AvgIpc) is 2.76. The lowest BCUT2D eigenvalue weighted by molar-refractivity contribution is -0.117. The summed E-state index contributed by atoms with van der Waals surface area (Å²) in [5.41, 5.74) is 1.52. The number of benzene rings is 1. The van der Waals surface area contributed by atoms with Crippen LogP contribution in [0.1, 0.15) is 29.6 Å². The van der Waals surface area contributed by atoms with Gasteiger partial charge >= 0.3 is 0 Å². The van der Waals surface area contributed by atoms with Crippen LogP contribution in [-0.4, -0.2) is 24.1 Å². The maximum atomic E-state index is 11.6. The van der Waals surface area contributed by atoms with Crippen molar-refractivity contribution in [1.82, 2.24) is 0 Å². The highest BCUT2D eigenvalue weighted by Crippen LogP contribution is 2.21. The molecule has 0 unspecified atom stereocenters. The summed E-state index contributed by atoms with van der Waals surface area (Å²) in [6.45, 7) is 0.772. The van der Waals surface area contributed by atoms with E-state index in [0.29, 0.717) is 24.3 Å². The summed E-state index contributed by atoms with van der Waals surface area (Å²) in [7, 11) is 0. The predicted molar refractivity (Wildman–Crippen MR) is 67.7 cm³/mol. The zero-order chi connectivity index (χ0) is 12.3. The van der Waals surface area contributed by atoms with Crippen LogP contribution in [0.4, 0.5) is 5.69 Å². The molecule has 0 N–H and O–H groups in total. The monoisotopic (exact) mass is 251 g/mol. The summed E-state index contributed by atoms with van der Waals surface area (Å²) in [6.07, 6.45) is 1.88. The van der Waals surface area contributed by atoms with Crippen LogP contribution in [0.25, 0.3) is 0 Å². The second-order valence-corrected chi connectivity index (χ2v) is 4.44. The van der Waals surface area contributed by atoms with Crippen molar-refractivity contribution in [1.29, 1.82) is 0 Å². The van der Waals surface area contributed by atoms with Gasteiger partial charge in [-0.3, -0.25) is 9.59 Å². The molecule has 0 radical (unpaired) electrons. The van der Waals surface area contributed by atoms with Gasteiger partial charge in [-0.25, -0.2) is 0 Å². The predicted octanol–water partition coefficient (Wildman–Crippen LogP) is 2.63. The first-order valence-electron chi connectivity index (χ1n) is 5.72. The topological polar surface area (TPSA) is 37.4 Å². The molecule has 17 heavy (non-hydrogen) atoms. The molecule has 1 amide bonds. The van der Waals surface area contributed by atoms with E-state index in [-0.39, 0.29) is 11.7 Å². The van der Waals surface area contributed by atoms with Crippen LogP contribution in [0.3, 0.4) is 0 Å². The number of carbonyl (C=O) groups is 2. The first kappa shape index (κ1) is 12.1. The second kappa shape index (κ2) is 5.32. The Hall–Kier alpha value is -1.35. The fraction of sp³-hybridized carbons (Fsp3) is 0.385. The van der Waals surface area contributed by atoms with E-state index in [0.717, 1.165) is 18.7 Å². The standard InChI is InChI=1S/C13H14ClNO2/c14-8-7-12(16)10-3-5-11(6-4-10)15-9-1-2-13(15)17/h3-6H,1-2,7-9H2. The van der Waals surface area contributed by atoms with Gasteiger partial charge in [0, 0.05) is 36.5 Å². The van der Waals surface area contributed by atoms with Crippen molar-refractivity contribution in [2.45, 2.75) is 19.3 Å². The van der Waals surface area contributed by atoms with Crippen molar-refractivity contribution < 1.29 is 9.59 Å². The Balaban J connectivity index is 2.12. The van der Waals surface area contributed by atoms with E-state index in [1.54, 1.807) is 17.0 Å². The van der Waals surface area contributed by atoms with Crippen LogP contribution in [-0.2, 0) is 4.79 Å². The van der Waals surface area contributed by atoms with Gasteiger partial charge in [0.15, 0.2) is 5.78 Å². The molecule has 0 spiro atoms. The lowest BCUT2D eigenvalue weighted by Crippen LogP contribution is -2.23. The van der Waals surface area contributed by atoms with Crippen LogP contribution in [0.2, 0.25) is 0 Å². The summed E-state index contributed by atoms with van der Waals surface area (Å²) in [5, 5.41) is 0. The molecular formula is C13H14ClNO2. The summed E-state index contributed by atoms with van der Waals surface area (Å²) < 4.78 is 0. The van der Waals surface area contributed by atoms with Crippen LogP contribution in [0, 0.1) is 0 Å². The smallest absolute Gasteiger partial charge is 0.227 e. The molecule has 1 saturated heterocycles. The largest absolute Gasteiger partial charge is 0.312 e. The third kappa shape index (κ3) is 2.67. The third-order valence-corrected chi connectivity index (χ3v) is 3.08. The quantitative estimate of drug-likeness (QED) is 0.609. The van der Waals surface area contributed by atoms with E-state index in [1.165, 1.54) is 0 Å². The maximum absolute atomic E-state index is 11.6. The highest BCUT2D eigenvalue weighted by atomic mass is 35.5. The van der Waals surface area contributed by atoms with Gasteiger partial charge in [0.05, 0.1) is 0 Å². The first-order chi connectivity index (χ1) is 8.22. The normalized spacial score (nSPS) is 15.4. The number of alkyl halides is 1. The number of carbonyl (C=O) groups excluding carboxylic acids is 2. The van der Waals surface area contributed by atoms with Crippen molar-refractivity contribution in [2.24, 2.45) is 0 Å². The van der Waals surface area contributed by atoms with Gasteiger partial charge in [-0.1, -0.05) is 0 Å². The lowest BCUT2D eigenvalue weighted by atomic mass is 10.1. The zero-order valence-corrected chi connectivity index (χ0v) is 10.2. The molecule has 0 aromatic heterocycles. The number of Topliss-reactive ketones (excluding diaryl/α,β-unsaturated/α-hetero) is 1. The molecule has 1 aliphatic rings. The van der Waals surface area contributed by atoms with Crippen LogP contribution >= 0.6 is 11.6 Å². The Morgan fingerprint density at radius 2 is 2.00 bits per heavy atom. The van der Waals surface area contributed by atoms with E-state index >= 15 is 0 Å². The van der Waals surface area contributed by atoms with E-state index in [2.05, 4.69) is 0 Å². The van der Waals surface area contributed by atoms with Gasteiger partial charge in [-0.05, 0) is 30.7 Å². The Morgan fingerprint density at radius 3 is 2.53 bits per heavy atom. The first-order valence-corrected chi connectivity index (χ1v) is 6.25. The van der Waals surface area contributed by atoms with Crippen LogP contribution in [0.15, 0.2) is 24.3 Å². The van der Waals surface area contributed by atoms with Gasteiger partial charge in [0.1, 0.15) is 0 Å². The third-order valence-electron chi connectivity index (χ3n) is 2.90. The molecule has 1 aliphatic heterocycles. The lowest BCUT2D eigenvalue weighted by Gasteiger charge is -2.15. The highest BCUT2D eigenvalue weighted by Gasteiger charge is 2.21. The molecule has 90 valence electrons. The number of hydrogen-bond acceptors (Lipinski definition) is 2. The molecule has 0 bridgehead atoms. The molecule has 1 aromatic rings. The van der Waals surface area contributed by atoms with E-state index in [9.17, 15) is 9.59 Å². The van der Waals surface area contributed by atoms with Crippen molar-refractivity contribution in [3.05, 3.63) is 29.8 Å². The molecule has 1 aromatic carbocycles. The van der Waals surface area contributed by atoms with Crippen molar-refractivity contribution in [2.75, 3.05) is 17.3 Å². The van der Waals surface area contributed by atoms with Gasteiger partial charge < -0.3 is 4.90 Å². The minimum absolute atomic E-state index is 0.0410. The van der Waals surface area contributed by atoms with E-state index in [1.807, 2.05) is 12.1 Å².